The molecule has 0 amide bonds. The molecule has 0 bridgehead atoms. The molecule has 2 aromatic carbocycles. The first kappa shape index (κ1) is 9.25. The summed E-state index contributed by atoms with van der Waals surface area (Å²) >= 11 is 1.96. The van der Waals surface area contributed by atoms with Gasteiger partial charge in [0.2, 0.25) is 0 Å². The standard InChI is InChI=1S/C13H13NS/c1-2-4-11-10(3-1)5-6-13-12(11)9-14-7-8-15-13/h1-6,14H,7-9H2. The molecule has 0 aliphatic carbocycles. The normalized spacial score (nSPS) is 16.0. The van der Waals surface area contributed by atoms with Crippen molar-refractivity contribution in [3.8, 4) is 0 Å². The van der Waals surface area contributed by atoms with Crippen LogP contribution >= 0.6 is 11.8 Å². The summed E-state index contributed by atoms with van der Waals surface area (Å²) in [6, 6.07) is 13.1. The van der Waals surface area contributed by atoms with Crippen molar-refractivity contribution in [2.75, 3.05) is 12.3 Å². The average Bonchev–Trinajstić information content (AvgIpc) is 2.54. The summed E-state index contributed by atoms with van der Waals surface area (Å²) in [5.74, 6) is 1.17. The van der Waals surface area contributed by atoms with Crippen LogP contribution in [0.25, 0.3) is 10.8 Å². The lowest BCUT2D eigenvalue weighted by Crippen LogP contribution is -2.14. The molecule has 0 unspecified atom stereocenters. The van der Waals surface area contributed by atoms with Crippen molar-refractivity contribution < 1.29 is 0 Å². The number of rotatable bonds is 0. The molecular formula is C13H13NS. The Morgan fingerprint density at radius 3 is 3.00 bits per heavy atom. The van der Waals surface area contributed by atoms with Gasteiger partial charge in [0.05, 0.1) is 0 Å². The lowest BCUT2D eigenvalue weighted by atomic mass is 10.0. The van der Waals surface area contributed by atoms with Gasteiger partial charge in [-0.3, -0.25) is 0 Å². The number of hydrogen-bond donors (Lipinski definition) is 1. The van der Waals surface area contributed by atoms with Crippen LogP contribution in [0.15, 0.2) is 41.3 Å². The molecule has 0 aromatic heterocycles. The monoisotopic (exact) mass is 215 g/mol. The zero-order valence-electron chi connectivity index (χ0n) is 8.49. The van der Waals surface area contributed by atoms with Crippen LogP contribution in [-0.4, -0.2) is 12.3 Å². The summed E-state index contributed by atoms with van der Waals surface area (Å²) in [4.78, 5) is 1.44. The van der Waals surface area contributed by atoms with Gasteiger partial charge in [0.15, 0.2) is 0 Å². The van der Waals surface area contributed by atoms with Crippen LogP contribution in [0.5, 0.6) is 0 Å². The van der Waals surface area contributed by atoms with Crippen LogP contribution in [0.3, 0.4) is 0 Å². The van der Waals surface area contributed by atoms with E-state index in [4.69, 9.17) is 0 Å². The van der Waals surface area contributed by atoms with E-state index >= 15 is 0 Å². The zero-order chi connectivity index (χ0) is 10.1. The molecule has 76 valence electrons. The lowest BCUT2D eigenvalue weighted by molar-refractivity contribution is 0.736. The van der Waals surface area contributed by atoms with Gasteiger partial charge in [-0.15, -0.1) is 11.8 Å². The molecule has 1 heterocycles. The molecule has 0 radical (unpaired) electrons. The van der Waals surface area contributed by atoms with Crippen molar-refractivity contribution in [1.82, 2.24) is 5.32 Å². The highest BCUT2D eigenvalue weighted by molar-refractivity contribution is 7.99. The van der Waals surface area contributed by atoms with Gasteiger partial charge in [0.1, 0.15) is 0 Å². The molecule has 1 aliphatic heterocycles. The molecule has 15 heavy (non-hydrogen) atoms. The Hall–Kier alpha value is -0.990. The van der Waals surface area contributed by atoms with Crippen LogP contribution in [0.2, 0.25) is 0 Å². The molecule has 3 rings (SSSR count). The molecule has 0 atom stereocenters. The van der Waals surface area contributed by atoms with E-state index in [-0.39, 0.29) is 0 Å². The SMILES string of the molecule is c1ccc2c3c(ccc2c1)SCCNC3. The summed E-state index contributed by atoms with van der Waals surface area (Å²) in [6.07, 6.45) is 0. The highest BCUT2D eigenvalue weighted by Crippen LogP contribution is 2.30. The molecule has 0 saturated heterocycles. The van der Waals surface area contributed by atoms with Gasteiger partial charge in [0, 0.05) is 23.7 Å². The summed E-state index contributed by atoms with van der Waals surface area (Å²) in [5.41, 5.74) is 1.47. The van der Waals surface area contributed by atoms with Crippen LogP contribution in [0.1, 0.15) is 5.56 Å². The van der Waals surface area contributed by atoms with Crippen molar-refractivity contribution in [1.29, 1.82) is 0 Å². The second-order valence-corrected chi connectivity index (χ2v) is 4.93. The van der Waals surface area contributed by atoms with Gasteiger partial charge >= 0.3 is 0 Å². The Morgan fingerprint density at radius 1 is 1.07 bits per heavy atom. The maximum absolute atomic E-state index is 3.47. The predicted molar refractivity (Wildman–Crippen MR) is 66.4 cm³/mol. The Labute approximate surface area is 93.9 Å². The molecule has 0 saturated carbocycles. The maximum Gasteiger partial charge on any atom is 0.0223 e. The smallest absolute Gasteiger partial charge is 0.0223 e. The van der Waals surface area contributed by atoms with E-state index in [0.717, 1.165) is 13.1 Å². The predicted octanol–water partition coefficient (Wildman–Crippen LogP) is 3.04. The fraction of sp³-hybridized carbons (Fsp3) is 0.231. The molecule has 0 fully saturated rings. The number of thioether (sulfide) groups is 1. The maximum atomic E-state index is 3.47. The van der Waals surface area contributed by atoms with E-state index in [1.165, 1.54) is 27.0 Å². The van der Waals surface area contributed by atoms with Crippen molar-refractivity contribution in [2.24, 2.45) is 0 Å². The molecule has 2 aromatic rings. The van der Waals surface area contributed by atoms with Gasteiger partial charge < -0.3 is 5.32 Å². The first-order chi connectivity index (χ1) is 7.45. The molecular weight excluding hydrogens is 202 g/mol. The number of benzene rings is 2. The highest BCUT2D eigenvalue weighted by atomic mass is 32.2. The Balaban J connectivity index is 2.27. The van der Waals surface area contributed by atoms with E-state index in [2.05, 4.69) is 41.7 Å². The second kappa shape index (κ2) is 3.87. The summed E-state index contributed by atoms with van der Waals surface area (Å²) in [6.45, 7) is 2.11. The van der Waals surface area contributed by atoms with E-state index < -0.39 is 0 Å². The Morgan fingerprint density at radius 2 is 2.00 bits per heavy atom. The third-order valence-electron chi connectivity index (χ3n) is 2.84. The van der Waals surface area contributed by atoms with E-state index in [0.29, 0.717) is 0 Å². The first-order valence-electron chi connectivity index (χ1n) is 5.29. The van der Waals surface area contributed by atoms with Crippen LogP contribution in [0, 0.1) is 0 Å². The van der Waals surface area contributed by atoms with E-state index in [1.54, 1.807) is 0 Å². The molecule has 2 heteroatoms. The van der Waals surface area contributed by atoms with Gasteiger partial charge in [-0.25, -0.2) is 0 Å². The third-order valence-corrected chi connectivity index (χ3v) is 3.94. The minimum atomic E-state index is 1.00. The number of hydrogen-bond acceptors (Lipinski definition) is 2. The van der Waals surface area contributed by atoms with Crippen LogP contribution in [0.4, 0.5) is 0 Å². The molecule has 1 aliphatic rings. The van der Waals surface area contributed by atoms with Gasteiger partial charge in [-0.2, -0.15) is 0 Å². The molecule has 1 N–H and O–H groups in total. The first-order valence-corrected chi connectivity index (χ1v) is 6.28. The largest absolute Gasteiger partial charge is 0.312 e. The Kier molecular flexibility index (Phi) is 2.39. The zero-order valence-corrected chi connectivity index (χ0v) is 9.31. The third kappa shape index (κ3) is 1.64. The van der Waals surface area contributed by atoms with Crippen molar-refractivity contribution >= 4 is 22.5 Å². The fourth-order valence-corrected chi connectivity index (χ4v) is 3.07. The highest BCUT2D eigenvalue weighted by Gasteiger charge is 2.10. The molecule has 1 nitrogen and oxygen atoms in total. The van der Waals surface area contributed by atoms with Crippen molar-refractivity contribution in [3.05, 3.63) is 42.0 Å². The van der Waals surface area contributed by atoms with E-state index in [1.807, 2.05) is 11.8 Å². The van der Waals surface area contributed by atoms with Gasteiger partial charge in [-0.1, -0.05) is 30.3 Å². The van der Waals surface area contributed by atoms with E-state index in [9.17, 15) is 0 Å². The van der Waals surface area contributed by atoms with Crippen molar-refractivity contribution in [2.45, 2.75) is 11.4 Å². The summed E-state index contributed by atoms with van der Waals surface area (Å²) in [5, 5.41) is 6.22. The Bertz CT molecular complexity index is 493. The quantitative estimate of drug-likeness (QED) is 0.725. The van der Waals surface area contributed by atoms with Crippen molar-refractivity contribution in [3.63, 3.8) is 0 Å². The minimum Gasteiger partial charge on any atom is -0.312 e. The number of fused-ring (bicyclic) bond motifs is 3. The van der Waals surface area contributed by atoms with Crippen LogP contribution < -0.4 is 5.32 Å². The topological polar surface area (TPSA) is 12.0 Å². The molecule has 0 spiro atoms. The minimum absolute atomic E-state index is 1.00. The number of nitrogens with one attached hydrogen (secondary N) is 1. The second-order valence-electron chi connectivity index (χ2n) is 3.79. The fourth-order valence-electron chi connectivity index (χ4n) is 2.08. The summed E-state index contributed by atoms with van der Waals surface area (Å²) < 4.78 is 0. The van der Waals surface area contributed by atoms with Crippen LogP contribution in [-0.2, 0) is 6.54 Å². The summed E-state index contributed by atoms with van der Waals surface area (Å²) in [7, 11) is 0. The lowest BCUT2D eigenvalue weighted by Gasteiger charge is -2.08. The average molecular weight is 215 g/mol. The van der Waals surface area contributed by atoms with Gasteiger partial charge in [-0.05, 0) is 22.4 Å². The van der Waals surface area contributed by atoms with Gasteiger partial charge in [0.25, 0.3) is 0 Å².